The van der Waals surface area contributed by atoms with Gasteiger partial charge in [0, 0.05) is 42.3 Å². The minimum absolute atomic E-state index is 0. The second kappa shape index (κ2) is 32.3. The van der Waals surface area contributed by atoms with Gasteiger partial charge in [-0.3, -0.25) is 5.04 Å². The first-order valence-electron chi connectivity index (χ1n) is 16.1. The van der Waals surface area contributed by atoms with Gasteiger partial charge in [0.25, 0.3) is 0 Å². The number of benzene rings is 2. The molecule has 3 heterocycles. The molecule has 0 bridgehead atoms. The van der Waals surface area contributed by atoms with E-state index in [1.54, 1.807) is 0 Å². The Labute approximate surface area is 509 Å². The van der Waals surface area contributed by atoms with Crippen molar-refractivity contribution in [1.82, 2.24) is 40.1 Å². The molecule has 6 N–H and O–H groups in total. The maximum atomic E-state index is 11.5. The average Bonchev–Trinajstić information content (AvgIpc) is 3.17. The summed E-state index contributed by atoms with van der Waals surface area (Å²) >= 11 is 0.662. The molecule has 314 valence electrons. The number of anilines is 10. The van der Waals surface area contributed by atoms with Gasteiger partial charge in [0.2, 0.25) is 35.7 Å². The fourth-order valence-corrected chi connectivity index (χ4v) is 5.15. The van der Waals surface area contributed by atoms with Gasteiger partial charge in [-0.2, -0.15) is 34.2 Å². The summed E-state index contributed by atoms with van der Waals surface area (Å²) in [6.07, 6.45) is 0. The zero-order chi connectivity index (χ0) is 43.4. The molecule has 0 amide bonds. The number of rotatable bonds is 22. The van der Waals surface area contributed by atoms with Crippen LogP contribution in [0.3, 0.4) is 0 Å². The molecule has 5 rings (SSSR count). The van der Waals surface area contributed by atoms with Crippen molar-refractivity contribution in [3.63, 3.8) is 0 Å². The first kappa shape index (κ1) is 66.4. The zero-order valence-corrected chi connectivity index (χ0v) is 49.2. The first-order valence-corrected chi connectivity index (χ1v) is 18.6. The Kier molecular flexibility index (Phi) is 32.5. The predicted octanol–water partition coefficient (Wildman–Crippen LogP) is -22.5. The average molecular weight is 1000 g/mol. The van der Waals surface area contributed by atoms with Crippen LogP contribution in [0.2, 0.25) is 0 Å². The van der Waals surface area contributed by atoms with E-state index in [4.69, 9.17) is 0 Å². The number of nitrogens with zero attached hydrogens (tertiary/aromatic N) is 8. The molecular formula is C30H22N14Na6O14S2. The van der Waals surface area contributed by atoms with Crippen molar-refractivity contribution in [2.24, 2.45) is 0 Å². The van der Waals surface area contributed by atoms with Gasteiger partial charge in [0.15, 0.2) is 11.6 Å². The summed E-state index contributed by atoms with van der Waals surface area (Å²) in [4.78, 5) is 70.7. The smallest absolute Gasteiger partial charge is 0.748 e. The molecule has 66 heavy (non-hydrogen) atoms. The van der Waals surface area contributed by atoms with Crippen molar-refractivity contribution in [3.8, 4) is 0 Å². The van der Waals surface area contributed by atoms with Crippen LogP contribution in [-0.2, 0) is 19.5 Å². The number of aromatic nitrogens is 8. The largest absolute Gasteiger partial charge is 1.00 e. The van der Waals surface area contributed by atoms with E-state index in [1.165, 1.54) is 12.1 Å². The van der Waals surface area contributed by atoms with Gasteiger partial charge in [0.05, 0.1) is 39.7 Å². The van der Waals surface area contributed by atoms with Crippen LogP contribution in [0.4, 0.5) is 58.7 Å². The zero-order valence-electron chi connectivity index (χ0n) is 35.6. The van der Waals surface area contributed by atoms with Gasteiger partial charge in [-0.25, -0.2) is 8.42 Å². The van der Waals surface area contributed by atoms with E-state index < -0.39 is 68.5 Å². The number of hydrogen-bond donors (Lipinski definition) is 6. The Hall–Kier alpha value is -1.64. The van der Waals surface area contributed by atoms with Crippen LogP contribution >= 0.6 is 12.0 Å². The van der Waals surface area contributed by atoms with E-state index in [2.05, 4.69) is 81.4 Å². The van der Waals surface area contributed by atoms with Gasteiger partial charge in [-0.1, -0.05) is 0 Å². The SMILES string of the molecule is O=C([O-])c1cc(Nc2nc(NCCSOO[O-])nc(Nc3ccc(Nc4nc(NCCS(=O)(=O)[O-])nc(Nc5cc(C(=O)[O-])cc(C(=O)[O-])c5)n4)nn3)n2)cc(C(=O)[O-])c1.[Na+].[Na+].[Na+].[Na+].[Na+].[Na+]. The van der Waals surface area contributed by atoms with E-state index in [-0.39, 0.29) is 248 Å². The number of nitrogens with one attached hydrogen (secondary N) is 6. The molecule has 0 fully saturated rings. The molecule has 0 unspecified atom stereocenters. The molecule has 0 radical (unpaired) electrons. The summed E-state index contributed by atoms with van der Waals surface area (Å²) in [7, 11) is -4.64. The molecule has 2 aromatic carbocycles. The van der Waals surface area contributed by atoms with Gasteiger partial charge in [0.1, 0.15) is 0 Å². The molecule has 0 saturated heterocycles. The maximum Gasteiger partial charge on any atom is 1.00 e. The third-order valence-corrected chi connectivity index (χ3v) is 8.14. The molecule has 28 nitrogen and oxygen atoms in total. The van der Waals surface area contributed by atoms with E-state index in [0.717, 1.165) is 36.4 Å². The van der Waals surface area contributed by atoms with Crippen molar-refractivity contribution in [2.75, 3.05) is 56.5 Å². The van der Waals surface area contributed by atoms with Gasteiger partial charge in [-0.15, -0.1) is 10.2 Å². The Morgan fingerprint density at radius 3 is 1.18 bits per heavy atom. The monoisotopic (exact) mass is 1000 g/mol. The van der Waals surface area contributed by atoms with Crippen LogP contribution < -0.4 is 235 Å². The summed E-state index contributed by atoms with van der Waals surface area (Å²) in [6.45, 7) is -0.325. The second-order valence-corrected chi connectivity index (χ2v) is 13.5. The summed E-state index contributed by atoms with van der Waals surface area (Å²) in [6, 6.07) is 8.52. The number of carboxylic acid groups (broad SMARTS) is 4. The molecule has 0 aliphatic heterocycles. The maximum absolute atomic E-state index is 11.5. The van der Waals surface area contributed by atoms with Crippen LogP contribution in [0.15, 0.2) is 48.5 Å². The molecule has 3 aromatic heterocycles. The molecular weight excluding hydrogens is 982 g/mol. The number of hydrogen-bond acceptors (Lipinski definition) is 29. The third kappa shape index (κ3) is 22.4. The second-order valence-electron chi connectivity index (χ2n) is 11.2. The molecule has 0 aliphatic carbocycles. The molecule has 0 saturated carbocycles. The Morgan fingerprint density at radius 2 is 0.864 bits per heavy atom. The molecule has 0 atom stereocenters. The van der Waals surface area contributed by atoms with Crippen molar-refractivity contribution >= 4 is 105 Å². The number of carbonyl (C=O) groups excluding carboxylic acids is 4. The summed E-state index contributed by atoms with van der Waals surface area (Å²) < 4.78 is 37.6. The molecule has 0 aliphatic rings. The number of carbonyl (C=O) groups is 4. The van der Waals surface area contributed by atoms with Crippen LogP contribution in [0.1, 0.15) is 41.4 Å². The Morgan fingerprint density at radius 1 is 0.530 bits per heavy atom. The van der Waals surface area contributed by atoms with E-state index >= 15 is 0 Å². The van der Waals surface area contributed by atoms with Crippen LogP contribution in [0.25, 0.3) is 0 Å². The first-order chi connectivity index (χ1) is 28.5. The number of aromatic carboxylic acids is 4. The van der Waals surface area contributed by atoms with E-state index in [1.807, 2.05) is 0 Å². The van der Waals surface area contributed by atoms with Crippen molar-refractivity contribution in [3.05, 3.63) is 70.8 Å². The fourth-order valence-electron chi connectivity index (χ4n) is 4.50. The fraction of sp³-hybridized carbons (Fsp3) is 0.133. The van der Waals surface area contributed by atoms with Crippen molar-refractivity contribution in [1.29, 1.82) is 0 Å². The molecule has 0 spiro atoms. The standard InChI is InChI=1S/C30H28N14O14S2.6Na/c45-21(46)13-7-14(22(47)48)10-17(9-13)33-27-37-25(31-3-5-59-58-57-53)39-29(41-27)35-19-1-2-20(44-43-19)36-30-40-26(32-4-6-60(54,55)56)38-28(42-30)34-18-11-15(23(49)50)8-16(12-18)24(51)52;;;;;;/h1-2,7-12,53H,3-6H2,(H,45,46)(H,47,48)(H,49,50)(H,51,52)(H,54,55,56)(H3,31,33,35,37,39,41,43)(H3,32,34,36,38,40,42,44);;;;;;/q;6*+1/p-6. The normalized spacial score (nSPS) is 9.97. The van der Waals surface area contributed by atoms with Crippen molar-refractivity contribution in [2.45, 2.75) is 0 Å². The third-order valence-electron chi connectivity index (χ3n) is 6.92. The minimum atomic E-state index is -4.64. The predicted molar refractivity (Wildman–Crippen MR) is 191 cm³/mol. The van der Waals surface area contributed by atoms with Crippen molar-refractivity contribution < 1.29 is 245 Å². The summed E-state index contributed by atoms with van der Waals surface area (Å²) in [5.41, 5.74) is -2.26. The quantitative estimate of drug-likeness (QED) is 0.00936. The Balaban J connectivity index is 0. The van der Waals surface area contributed by atoms with Crippen LogP contribution in [0, 0.1) is 0 Å². The molecule has 36 heteroatoms. The molecule has 5 aromatic rings. The topological polar surface area (TPSA) is 435 Å². The summed E-state index contributed by atoms with van der Waals surface area (Å²) in [5.74, 6) is -8.82. The Bertz CT molecular complexity index is 2480. The van der Waals surface area contributed by atoms with Gasteiger partial charge >= 0.3 is 177 Å². The van der Waals surface area contributed by atoms with E-state index in [0.29, 0.717) is 12.0 Å². The summed E-state index contributed by atoms with van der Waals surface area (Å²) in [5, 5.41) is 83.4. The number of carboxylic acids is 4. The van der Waals surface area contributed by atoms with Crippen LogP contribution in [0.5, 0.6) is 0 Å². The van der Waals surface area contributed by atoms with Crippen LogP contribution in [-0.4, -0.2) is 102 Å². The van der Waals surface area contributed by atoms with Gasteiger partial charge in [-0.05, 0) is 70.8 Å². The minimum Gasteiger partial charge on any atom is -0.748 e. The van der Waals surface area contributed by atoms with Gasteiger partial charge < -0.3 is 81.3 Å². The van der Waals surface area contributed by atoms with E-state index in [9.17, 15) is 57.8 Å².